The van der Waals surface area contributed by atoms with Crippen LogP contribution in [-0.2, 0) is 9.47 Å². The molecule has 2 aliphatic heterocycles. The number of fused-ring (bicyclic) bond motifs is 1. The summed E-state index contributed by atoms with van der Waals surface area (Å²) >= 11 is 0. The van der Waals surface area contributed by atoms with Crippen molar-refractivity contribution in [2.45, 2.75) is 76.6 Å². The van der Waals surface area contributed by atoms with Crippen LogP contribution in [-0.4, -0.2) is 23.6 Å². The molecule has 2 atom stereocenters. The molecule has 0 aromatic heterocycles. The van der Waals surface area contributed by atoms with Crippen molar-refractivity contribution in [2.75, 3.05) is 7.11 Å². The molecule has 3 rings (SSSR count). The van der Waals surface area contributed by atoms with Crippen LogP contribution in [0.2, 0.25) is 0 Å². The minimum atomic E-state index is -0.882. The van der Waals surface area contributed by atoms with Gasteiger partial charge in [-0.15, -0.1) is 0 Å². The van der Waals surface area contributed by atoms with Crippen LogP contribution in [0.15, 0.2) is 11.3 Å². The number of hydrogen-bond acceptors (Lipinski definition) is 3. The molecule has 1 saturated carbocycles. The predicted molar refractivity (Wildman–Crippen MR) is 73.9 cm³/mol. The van der Waals surface area contributed by atoms with Crippen LogP contribution in [0.4, 0.5) is 0 Å². The van der Waals surface area contributed by atoms with E-state index in [1.165, 1.54) is 12.8 Å². The van der Waals surface area contributed by atoms with Gasteiger partial charge in [0, 0.05) is 19.1 Å². The van der Waals surface area contributed by atoms with Crippen molar-refractivity contribution in [3.05, 3.63) is 11.3 Å². The molecule has 1 saturated heterocycles. The summed E-state index contributed by atoms with van der Waals surface area (Å²) < 4.78 is 12.1. The first kappa shape index (κ1) is 13.4. The third kappa shape index (κ3) is 1.93. The average Bonchev–Trinajstić information content (AvgIpc) is 2.54. The first-order valence-electron chi connectivity index (χ1n) is 7.62. The molecule has 19 heavy (non-hydrogen) atoms. The summed E-state index contributed by atoms with van der Waals surface area (Å²) in [6.45, 7) is 4.50. The highest BCUT2D eigenvalue weighted by molar-refractivity contribution is 5.33. The quantitative estimate of drug-likeness (QED) is 0.777. The van der Waals surface area contributed by atoms with E-state index in [2.05, 4.69) is 13.8 Å². The minimum Gasteiger partial charge on any atom is -0.507 e. The lowest BCUT2D eigenvalue weighted by Crippen LogP contribution is -2.40. The molecule has 0 unspecified atom stereocenters. The summed E-state index contributed by atoms with van der Waals surface area (Å²) in [5.41, 5.74) is 1.04. The standard InChI is InChI=1S/C16H26O3/c1-14(2)9-10-15-8-6-4-5-7-12(15)13(17)16(11-14,18-3)19-15/h17H,4-11H2,1-3H3/t15-,16+/m1/s1. The second-order valence-corrected chi connectivity index (χ2v) is 7.28. The van der Waals surface area contributed by atoms with Gasteiger partial charge in [0.25, 0.3) is 0 Å². The highest BCUT2D eigenvalue weighted by Gasteiger charge is 2.59. The molecule has 1 spiro atoms. The maximum atomic E-state index is 10.8. The molecule has 1 N–H and O–H groups in total. The van der Waals surface area contributed by atoms with Crippen molar-refractivity contribution in [3.63, 3.8) is 0 Å². The fourth-order valence-corrected chi connectivity index (χ4v) is 4.22. The lowest BCUT2D eigenvalue weighted by Gasteiger charge is -2.34. The first-order valence-corrected chi connectivity index (χ1v) is 7.62. The van der Waals surface area contributed by atoms with Gasteiger partial charge in [-0.05, 0) is 37.5 Å². The Bertz CT molecular complexity index is 412. The zero-order valence-electron chi connectivity index (χ0n) is 12.4. The summed E-state index contributed by atoms with van der Waals surface area (Å²) in [5, 5.41) is 10.8. The van der Waals surface area contributed by atoms with Crippen LogP contribution in [0, 0.1) is 5.41 Å². The summed E-state index contributed by atoms with van der Waals surface area (Å²) in [6, 6.07) is 0. The molecule has 2 fully saturated rings. The van der Waals surface area contributed by atoms with Crippen LogP contribution < -0.4 is 0 Å². The van der Waals surface area contributed by atoms with Crippen LogP contribution in [0.3, 0.4) is 0 Å². The molecule has 2 bridgehead atoms. The maximum Gasteiger partial charge on any atom is 0.228 e. The molecule has 0 amide bonds. The fraction of sp³-hybridized carbons (Fsp3) is 0.875. The van der Waals surface area contributed by atoms with Crippen molar-refractivity contribution < 1.29 is 14.6 Å². The van der Waals surface area contributed by atoms with Crippen molar-refractivity contribution in [3.8, 4) is 0 Å². The van der Waals surface area contributed by atoms with Crippen molar-refractivity contribution >= 4 is 0 Å². The summed E-state index contributed by atoms with van der Waals surface area (Å²) in [6.07, 6.45) is 8.49. The third-order valence-electron chi connectivity index (χ3n) is 5.31. The molecular formula is C16H26O3. The minimum absolute atomic E-state index is 0.144. The Hall–Kier alpha value is -0.540. The second-order valence-electron chi connectivity index (χ2n) is 7.28. The van der Waals surface area contributed by atoms with Gasteiger partial charge in [0.1, 0.15) is 0 Å². The van der Waals surface area contributed by atoms with E-state index < -0.39 is 5.79 Å². The Labute approximate surface area is 116 Å². The lowest BCUT2D eigenvalue weighted by molar-refractivity contribution is -0.245. The van der Waals surface area contributed by atoms with Crippen molar-refractivity contribution in [1.29, 1.82) is 0 Å². The Morgan fingerprint density at radius 3 is 2.63 bits per heavy atom. The van der Waals surface area contributed by atoms with E-state index in [1.807, 2.05) is 0 Å². The Balaban J connectivity index is 2.09. The van der Waals surface area contributed by atoms with E-state index in [9.17, 15) is 5.11 Å². The molecule has 3 nitrogen and oxygen atoms in total. The van der Waals surface area contributed by atoms with Crippen molar-refractivity contribution in [2.24, 2.45) is 5.41 Å². The molecule has 0 radical (unpaired) electrons. The summed E-state index contributed by atoms with van der Waals surface area (Å²) in [7, 11) is 1.66. The van der Waals surface area contributed by atoms with Crippen LogP contribution >= 0.6 is 0 Å². The van der Waals surface area contributed by atoms with E-state index in [4.69, 9.17) is 9.47 Å². The van der Waals surface area contributed by atoms with Gasteiger partial charge in [-0.1, -0.05) is 26.7 Å². The Morgan fingerprint density at radius 2 is 1.89 bits per heavy atom. The number of rotatable bonds is 1. The third-order valence-corrected chi connectivity index (χ3v) is 5.31. The van der Waals surface area contributed by atoms with Gasteiger partial charge < -0.3 is 14.6 Å². The van der Waals surface area contributed by atoms with Crippen LogP contribution in [0.1, 0.15) is 65.2 Å². The first-order chi connectivity index (χ1) is 8.93. The SMILES string of the molecule is CO[C@]12CC(C)(C)CC[C@@]3(CCCCCC3=C1O)O2. The van der Waals surface area contributed by atoms with Crippen molar-refractivity contribution in [1.82, 2.24) is 0 Å². The number of aliphatic hydroxyl groups is 1. The highest BCUT2D eigenvalue weighted by Crippen LogP contribution is 2.57. The van der Waals surface area contributed by atoms with Gasteiger partial charge in [0.15, 0.2) is 5.76 Å². The van der Waals surface area contributed by atoms with Gasteiger partial charge in [-0.2, -0.15) is 0 Å². The number of methoxy groups -OCH3 is 1. The molecule has 3 heteroatoms. The van der Waals surface area contributed by atoms with Gasteiger partial charge in [0.05, 0.1) is 5.60 Å². The normalized spacial score (nSPS) is 41.6. The summed E-state index contributed by atoms with van der Waals surface area (Å²) in [5.74, 6) is -0.489. The van der Waals surface area contributed by atoms with E-state index in [-0.39, 0.29) is 11.0 Å². The van der Waals surface area contributed by atoms with Crippen LogP contribution in [0.5, 0.6) is 0 Å². The molecule has 108 valence electrons. The predicted octanol–water partition coefficient (Wildman–Crippen LogP) is 4.08. The zero-order chi connectivity index (χ0) is 13.7. The van der Waals surface area contributed by atoms with E-state index in [0.717, 1.165) is 44.1 Å². The van der Waals surface area contributed by atoms with Gasteiger partial charge in [-0.25, -0.2) is 0 Å². The Kier molecular flexibility index (Phi) is 2.99. The number of aliphatic hydroxyl groups excluding tert-OH is 1. The Morgan fingerprint density at radius 1 is 1.11 bits per heavy atom. The average molecular weight is 266 g/mol. The van der Waals surface area contributed by atoms with Crippen LogP contribution in [0.25, 0.3) is 0 Å². The monoisotopic (exact) mass is 266 g/mol. The fourth-order valence-electron chi connectivity index (χ4n) is 4.22. The number of hydrogen-bond donors (Lipinski definition) is 1. The van der Waals surface area contributed by atoms with E-state index in [1.54, 1.807) is 7.11 Å². The van der Waals surface area contributed by atoms with E-state index in [0.29, 0.717) is 5.76 Å². The zero-order valence-corrected chi connectivity index (χ0v) is 12.4. The molecule has 3 aliphatic rings. The molecule has 0 aromatic carbocycles. The maximum absolute atomic E-state index is 10.8. The molecule has 1 aliphatic carbocycles. The number of ether oxygens (including phenoxy) is 2. The largest absolute Gasteiger partial charge is 0.507 e. The summed E-state index contributed by atoms with van der Waals surface area (Å²) in [4.78, 5) is 0. The molecule has 0 aromatic rings. The highest BCUT2D eigenvalue weighted by atomic mass is 16.7. The topological polar surface area (TPSA) is 38.7 Å². The van der Waals surface area contributed by atoms with Gasteiger partial charge in [-0.3, -0.25) is 0 Å². The molecule has 2 heterocycles. The smallest absolute Gasteiger partial charge is 0.228 e. The van der Waals surface area contributed by atoms with Gasteiger partial charge >= 0.3 is 0 Å². The van der Waals surface area contributed by atoms with Gasteiger partial charge in [0.2, 0.25) is 5.79 Å². The second kappa shape index (κ2) is 4.23. The molecular weight excluding hydrogens is 240 g/mol. The lowest BCUT2D eigenvalue weighted by atomic mass is 9.74. The van der Waals surface area contributed by atoms with E-state index >= 15 is 0 Å².